The summed E-state index contributed by atoms with van der Waals surface area (Å²) in [7, 11) is 0. The zero-order chi connectivity index (χ0) is 17.7. The van der Waals surface area contributed by atoms with Crippen LogP contribution in [0.3, 0.4) is 0 Å². The minimum absolute atomic E-state index is 0.189. The number of fused-ring (bicyclic) bond motifs is 2. The van der Waals surface area contributed by atoms with Crippen LogP contribution < -0.4 is 5.56 Å². The number of aromatic nitrogens is 6. The second-order valence-corrected chi connectivity index (χ2v) is 6.13. The number of aryl methyl sites for hydroxylation is 1. The lowest BCUT2D eigenvalue weighted by Gasteiger charge is -2.05. The summed E-state index contributed by atoms with van der Waals surface area (Å²) < 4.78 is 1.39. The highest BCUT2D eigenvalue weighted by Crippen LogP contribution is 2.27. The van der Waals surface area contributed by atoms with Crippen LogP contribution in [-0.2, 0) is 0 Å². The van der Waals surface area contributed by atoms with E-state index in [0.717, 1.165) is 39.1 Å². The van der Waals surface area contributed by atoms with Crippen molar-refractivity contribution in [2.45, 2.75) is 6.92 Å². The van der Waals surface area contributed by atoms with Gasteiger partial charge in [-0.15, -0.1) is 0 Å². The van der Waals surface area contributed by atoms with Crippen molar-refractivity contribution in [1.82, 2.24) is 29.8 Å². The SMILES string of the molecule is Cc1nn2c(=O)cc(-c3ccc4[nH]ncc4c3)[nH]c2c1-c1ccccn1. The van der Waals surface area contributed by atoms with Crippen LogP contribution >= 0.6 is 0 Å². The molecule has 0 saturated heterocycles. The van der Waals surface area contributed by atoms with Crippen LogP contribution in [0.25, 0.3) is 39.1 Å². The predicted octanol–water partition coefficient (Wildman–Crippen LogP) is 2.94. The molecule has 5 aromatic rings. The Balaban J connectivity index is 1.79. The fourth-order valence-electron chi connectivity index (χ4n) is 3.23. The van der Waals surface area contributed by atoms with E-state index in [-0.39, 0.29) is 5.56 Å². The Morgan fingerprint density at radius 1 is 1.12 bits per heavy atom. The Bertz CT molecular complexity index is 1310. The van der Waals surface area contributed by atoms with Crippen molar-refractivity contribution in [2.24, 2.45) is 0 Å². The van der Waals surface area contributed by atoms with Gasteiger partial charge in [0.05, 0.1) is 34.4 Å². The number of aromatic amines is 2. The Morgan fingerprint density at radius 2 is 2.04 bits per heavy atom. The first-order chi connectivity index (χ1) is 12.7. The molecule has 4 aromatic heterocycles. The van der Waals surface area contributed by atoms with Gasteiger partial charge in [0.15, 0.2) is 0 Å². The fraction of sp³-hybridized carbons (Fsp3) is 0.0526. The molecule has 0 unspecified atom stereocenters. The summed E-state index contributed by atoms with van der Waals surface area (Å²) in [5, 5.41) is 12.3. The average molecular weight is 342 g/mol. The Labute approximate surface area is 147 Å². The molecular weight excluding hydrogens is 328 g/mol. The van der Waals surface area contributed by atoms with Gasteiger partial charge in [-0.25, -0.2) is 0 Å². The molecule has 0 saturated carbocycles. The van der Waals surface area contributed by atoms with Gasteiger partial charge in [-0.1, -0.05) is 12.1 Å². The second kappa shape index (κ2) is 5.38. The smallest absolute Gasteiger partial charge is 0.274 e. The van der Waals surface area contributed by atoms with E-state index in [9.17, 15) is 4.79 Å². The van der Waals surface area contributed by atoms with Gasteiger partial charge in [0.1, 0.15) is 5.65 Å². The van der Waals surface area contributed by atoms with E-state index in [2.05, 4.69) is 25.3 Å². The highest BCUT2D eigenvalue weighted by atomic mass is 16.1. The fourth-order valence-corrected chi connectivity index (χ4v) is 3.23. The zero-order valence-electron chi connectivity index (χ0n) is 13.9. The third-order valence-corrected chi connectivity index (χ3v) is 4.46. The van der Waals surface area contributed by atoms with Crippen LogP contribution in [0.5, 0.6) is 0 Å². The molecule has 0 radical (unpaired) electrons. The molecule has 0 aliphatic carbocycles. The van der Waals surface area contributed by atoms with Gasteiger partial charge in [0.25, 0.3) is 5.56 Å². The van der Waals surface area contributed by atoms with Gasteiger partial charge >= 0.3 is 0 Å². The van der Waals surface area contributed by atoms with Crippen LogP contribution in [0.15, 0.2) is 59.7 Å². The summed E-state index contributed by atoms with van der Waals surface area (Å²) >= 11 is 0. The van der Waals surface area contributed by atoms with Gasteiger partial charge in [-0.3, -0.25) is 14.9 Å². The lowest BCUT2D eigenvalue weighted by Crippen LogP contribution is -2.14. The quantitative estimate of drug-likeness (QED) is 0.516. The summed E-state index contributed by atoms with van der Waals surface area (Å²) in [4.78, 5) is 20.4. The first-order valence-electron chi connectivity index (χ1n) is 8.18. The third kappa shape index (κ3) is 2.14. The van der Waals surface area contributed by atoms with Crippen molar-refractivity contribution in [1.29, 1.82) is 0 Å². The summed E-state index contributed by atoms with van der Waals surface area (Å²) in [5.41, 5.74) is 5.38. The standard InChI is InChI=1S/C19H14N6O/c1-11-18(15-4-2-3-7-20-15)19-22-16(9-17(26)25(19)24-11)12-5-6-14-13(8-12)10-21-23-14/h2-10,22H,1H3,(H,21,23). The van der Waals surface area contributed by atoms with Gasteiger partial charge in [0, 0.05) is 17.6 Å². The molecule has 0 amide bonds. The van der Waals surface area contributed by atoms with E-state index in [1.165, 1.54) is 4.52 Å². The largest absolute Gasteiger partial charge is 0.339 e. The van der Waals surface area contributed by atoms with Gasteiger partial charge in [0.2, 0.25) is 0 Å². The maximum absolute atomic E-state index is 12.6. The molecule has 126 valence electrons. The number of rotatable bonds is 2. The number of benzene rings is 1. The molecule has 0 bridgehead atoms. The minimum atomic E-state index is -0.189. The van der Waals surface area contributed by atoms with Gasteiger partial charge < -0.3 is 4.98 Å². The van der Waals surface area contributed by atoms with Crippen LogP contribution in [0.1, 0.15) is 5.69 Å². The Kier molecular flexibility index (Phi) is 3.02. The second-order valence-electron chi connectivity index (χ2n) is 6.13. The maximum atomic E-state index is 12.6. The topological polar surface area (TPSA) is 91.7 Å². The van der Waals surface area contributed by atoms with Gasteiger partial charge in [-0.05, 0) is 36.8 Å². The van der Waals surface area contributed by atoms with Crippen molar-refractivity contribution < 1.29 is 0 Å². The molecule has 7 heteroatoms. The molecule has 5 rings (SSSR count). The maximum Gasteiger partial charge on any atom is 0.274 e. The monoisotopic (exact) mass is 342 g/mol. The zero-order valence-corrected chi connectivity index (χ0v) is 13.9. The van der Waals surface area contributed by atoms with Crippen LogP contribution in [0.2, 0.25) is 0 Å². The molecule has 0 fully saturated rings. The van der Waals surface area contributed by atoms with Crippen LogP contribution in [0, 0.1) is 6.92 Å². The van der Waals surface area contributed by atoms with Crippen LogP contribution in [0.4, 0.5) is 0 Å². The first kappa shape index (κ1) is 14.6. The molecule has 26 heavy (non-hydrogen) atoms. The van der Waals surface area contributed by atoms with E-state index in [4.69, 9.17) is 0 Å². The van der Waals surface area contributed by atoms with E-state index >= 15 is 0 Å². The van der Waals surface area contributed by atoms with Crippen LogP contribution in [-0.4, -0.2) is 29.8 Å². The van der Waals surface area contributed by atoms with E-state index < -0.39 is 0 Å². The molecule has 0 spiro atoms. The average Bonchev–Trinajstić information content (AvgIpc) is 3.25. The summed E-state index contributed by atoms with van der Waals surface area (Å²) in [6.45, 7) is 1.88. The van der Waals surface area contributed by atoms with E-state index in [0.29, 0.717) is 5.65 Å². The molecular formula is C19H14N6O. The summed E-state index contributed by atoms with van der Waals surface area (Å²) in [6.07, 6.45) is 3.49. The third-order valence-electron chi connectivity index (χ3n) is 4.46. The number of nitrogens with one attached hydrogen (secondary N) is 2. The van der Waals surface area contributed by atoms with Crippen molar-refractivity contribution in [3.63, 3.8) is 0 Å². The lowest BCUT2D eigenvalue weighted by atomic mass is 10.1. The van der Waals surface area contributed by atoms with Crippen molar-refractivity contribution >= 4 is 16.6 Å². The van der Waals surface area contributed by atoms with Gasteiger partial charge in [-0.2, -0.15) is 14.7 Å². The normalized spacial score (nSPS) is 11.4. The number of nitrogens with zero attached hydrogens (tertiary/aromatic N) is 4. The molecule has 7 nitrogen and oxygen atoms in total. The molecule has 4 heterocycles. The van der Waals surface area contributed by atoms with Crippen molar-refractivity contribution in [3.8, 4) is 22.5 Å². The molecule has 0 atom stereocenters. The Hall–Kier alpha value is -3.74. The van der Waals surface area contributed by atoms with Crippen molar-refractivity contribution in [2.75, 3.05) is 0 Å². The van der Waals surface area contributed by atoms with E-state index in [1.807, 2.05) is 43.3 Å². The van der Waals surface area contributed by atoms with Crippen molar-refractivity contribution in [3.05, 3.63) is 70.9 Å². The summed E-state index contributed by atoms with van der Waals surface area (Å²) in [5.74, 6) is 0. The number of pyridine rings is 1. The Morgan fingerprint density at radius 3 is 2.88 bits per heavy atom. The first-order valence-corrected chi connectivity index (χ1v) is 8.18. The number of hydrogen-bond donors (Lipinski definition) is 2. The minimum Gasteiger partial charge on any atom is -0.339 e. The molecule has 0 aliphatic rings. The highest BCUT2D eigenvalue weighted by Gasteiger charge is 2.16. The lowest BCUT2D eigenvalue weighted by molar-refractivity contribution is 0.882. The highest BCUT2D eigenvalue weighted by molar-refractivity contribution is 5.84. The molecule has 0 aliphatic heterocycles. The molecule has 1 aromatic carbocycles. The molecule has 2 N–H and O–H groups in total. The number of H-pyrrole nitrogens is 2. The number of hydrogen-bond acceptors (Lipinski definition) is 4. The van der Waals surface area contributed by atoms with E-state index in [1.54, 1.807) is 18.5 Å². The summed E-state index contributed by atoms with van der Waals surface area (Å²) in [6, 6.07) is 13.1. The predicted molar refractivity (Wildman–Crippen MR) is 98.9 cm³/mol.